The summed E-state index contributed by atoms with van der Waals surface area (Å²) in [4.78, 5) is 30.4. The van der Waals surface area contributed by atoms with Gasteiger partial charge < -0.3 is 9.72 Å². The van der Waals surface area contributed by atoms with Gasteiger partial charge in [0.25, 0.3) is 0 Å². The van der Waals surface area contributed by atoms with E-state index in [9.17, 15) is 9.59 Å². The van der Waals surface area contributed by atoms with Crippen molar-refractivity contribution < 1.29 is 14.3 Å². The second kappa shape index (κ2) is 7.08. The van der Waals surface area contributed by atoms with Crippen LogP contribution in [-0.4, -0.2) is 34.1 Å². The highest BCUT2D eigenvalue weighted by Crippen LogP contribution is 2.16. The van der Waals surface area contributed by atoms with Gasteiger partial charge in [0.05, 0.1) is 18.6 Å². The van der Waals surface area contributed by atoms with E-state index in [1.807, 2.05) is 31.2 Å². The van der Waals surface area contributed by atoms with Gasteiger partial charge in [-0.25, -0.2) is 9.78 Å². The predicted molar refractivity (Wildman–Crippen MR) is 80.8 cm³/mol. The third-order valence-electron chi connectivity index (χ3n) is 2.76. The molecule has 1 heterocycles. The van der Waals surface area contributed by atoms with Crippen LogP contribution in [0.15, 0.2) is 35.6 Å². The zero-order chi connectivity index (χ0) is 15.2. The molecule has 0 saturated carbocycles. The molecule has 0 aliphatic carbocycles. The lowest BCUT2D eigenvalue weighted by atomic mass is 10.1. The number of ether oxygens (including phenoxy) is 1. The lowest BCUT2D eigenvalue weighted by molar-refractivity contribution is 0.0519. The molecule has 0 radical (unpaired) electrons. The molecule has 0 unspecified atom stereocenters. The Labute approximate surface area is 127 Å². The van der Waals surface area contributed by atoms with Gasteiger partial charge in [0, 0.05) is 5.56 Å². The Morgan fingerprint density at radius 2 is 2.00 bits per heavy atom. The van der Waals surface area contributed by atoms with E-state index in [2.05, 4.69) is 9.97 Å². The summed E-state index contributed by atoms with van der Waals surface area (Å²) in [6.45, 7) is 4.03. The van der Waals surface area contributed by atoms with Crippen molar-refractivity contribution in [1.29, 1.82) is 0 Å². The van der Waals surface area contributed by atoms with E-state index >= 15 is 0 Å². The average molecular weight is 304 g/mol. The maximum absolute atomic E-state index is 12.0. The first-order valence-corrected chi connectivity index (χ1v) is 7.53. The van der Waals surface area contributed by atoms with Crippen LogP contribution in [0, 0.1) is 6.92 Å². The van der Waals surface area contributed by atoms with Crippen molar-refractivity contribution in [3.63, 3.8) is 0 Å². The van der Waals surface area contributed by atoms with Gasteiger partial charge >= 0.3 is 5.97 Å². The van der Waals surface area contributed by atoms with Crippen molar-refractivity contribution in [1.82, 2.24) is 9.97 Å². The number of aromatic amines is 1. The zero-order valence-corrected chi connectivity index (χ0v) is 12.7. The Balaban J connectivity index is 1.92. The summed E-state index contributed by atoms with van der Waals surface area (Å²) < 4.78 is 4.86. The number of carbonyl (C=O) groups is 2. The monoisotopic (exact) mass is 304 g/mol. The maximum Gasteiger partial charge on any atom is 0.356 e. The van der Waals surface area contributed by atoms with E-state index in [-0.39, 0.29) is 11.5 Å². The SMILES string of the molecule is CCOC(=O)c1cnc(SCC(=O)c2ccc(C)cc2)[nH]1. The maximum atomic E-state index is 12.0. The minimum Gasteiger partial charge on any atom is -0.461 e. The first-order chi connectivity index (χ1) is 10.1. The number of aryl methyl sites for hydroxylation is 1. The molecule has 6 heteroatoms. The van der Waals surface area contributed by atoms with Gasteiger partial charge in [-0.05, 0) is 13.8 Å². The molecule has 0 atom stereocenters. The number of benzene rings is 1. The first-order valence-electron chi connectivity index (χ1n) is 6.55. The molecule has 2 rings (SSSR count). The number of nitrogens with zero attached hydrogens (tertiary/aromatic N) is 1. The topological polar surface area (TPSA) is 72.0 Å². The molecule has 1 aromatic heterocycles. The number of rotatable bonds is 6. The number of hydrogen-bond acceptors (Lipinski definition) is 5. The fraction of sp³-hybridized carbons (Fsp3) is 0.267. The summed E-state index contributed by atoms with van der Waals surface area (Å²) in [5.74, 6) is -0.158. The third kappa shape index (κ3) is 4.19. The van der Waals surface area contributed by atoms with Crippen LogP contribution in [0.4, 0.5) is 0 Å². The molecule has 0 bridgehead atoms. The molecule has 1 N–H and O–H groups in total. The average Bonchev–Trinajstić information content (AvgIpc) is 2.95. The fourth-order valence-corrected chi connectivity index (χ4v) is 2.39. The number of H-pyrrole nitrogens is 1. The van der Waals surface area contributed by atoms with Crippen molar-refractivity contribution in [2.45, 2.75) is 19.0 Å². The molecule has 0 amide bonds. The summed E-state index contributed by atoms with van der Waals surface area (Å²) in [6.07, 6.45) is 1.41. The molecule has 110 valence electrons. The first kappa shape index (κ1) is 15.3. The number of imidazole rings is 1. The van der Waals surface area contributed by atoms with Crippen molar-refractivity contribution in [2.75, 3.05) is 12.4 Å². The van der Waals surface area contributed by atoms with E-state index in [1.165, 1.54) is 18.0 Å². The van der Waals surface area contributed by atoms with Gasteiger partial charge in [-0.1, -0.05) is 41.6 Å². The summed E-state index contributed by atoms with van der Waals surface area (Å²) in [7, 11) is 0. The number of esters is 1. The van der Waals surface area contributed by atoms with Crippen LogP contribution in [0.2, 0.25) is 0 Å². The third-order valence-corrected chi connectivity index (χ3v) is 3.65. The van der Waals surface area contributed by atoms with Crippen LogP contribution >= 0.6 is 11.8 Å². The lowest BCUT2D eigenvalue weighted by Gasteiger charge is -2.00. The summed E-state index contributed by atoms with van der Waals surface area (Å²) in [5.41, 5.74) is 2.08. The van der Waals surface area contributed by atoms with Crippen molar-refractivity contribution in [2.24, 2.45) is 0 Å². The van der Waals surface area contributed by atoms with E-state index in [0.717, 1.165) is 5.56 Å². The minimum absolute atomic E-state index is 0.0223. The van der Waals surface area contributed by atoms with Crippen molar-refractivity contribution in [3.8, 4) is 0 Å². The van der Waals surface area contributed by atoms with Gasteiger partial charge in [-0.15, -0.1) is 0 Å². The highest BCUT2D eigenvalue weighted by atomic mass is 32.2. The fourth-order valence-electron chi connectivity index (χ4n) is 1.65. The van der Waals surface area contributed by atoms with Crippen LogP contribution in [0.25, 0.3) is 0 Å². The molecule has 0 saturated heterocycles. The van der Waals surface area contributed by atoms with Gasteiger partial charge in [0.15, 0.2) is 10.9 Å². The Morgan fingerprint density at radius 3 is 2.67 bits per heavy atom. The molecular formula is C15H16N2O3S. The summed E-state index contributed by atoms with van der Waals surface area (Å²) >= 11 is 1.26. The second-order valence-electron chi connectivity index (χ2n) is 4.40. The number of thioether (sulfide) groups is 1. The summed E-state index contributed by atoms with van der Waals surface area (Å²) in [6, 6.07) is 7.43. The number of hydrogen-bond donors (Lipinski definition) is 1. The van der Waals surface area contributed by atoms with Crippen LogP contribution in [0.5, 0.6) is 0 Å². The number of aromatic nitrogens is 2. The molecule has 0 aliphatic heterocycles. The van der Waals surface area contributed by atoms with Crippen LogP contribution in [-0.2, 0) is 4.74 Å². The molecule has 0 aliphatic rings. The van der Waals surface area contributed by atoms with Crippen molar-refractivity contribution in [3.05, 3.63) is 47.3 Å². The number of Topliss-reactive ketones (excluding diaryl/α,β-unsaturated/α-hetero) is 1. The lowest BCUT2D eigenvalue weighted by Crippen LogP contribution is -2.05. The molecule has 1 aromatic carbocycles. The van der Waals surface area contributed by atoms with Crippen LogP contribution in [0.3, 0.4) is 0 Å². The molecule has 5 nitrogen and oxygen atoms in total. The highest BCUT2D eigenvalue weighted by Gasteiger charge is 2.12. The Hall–Kier alpha value is -2.08. The highest BCUT2D eigenvalue weighted by molar-refractivity contribution is 7.99. The van der Waals surface area contributed by atoms with Gasteiger partial charge in [0.1, 0.15) is 5.69 Å². The van der Waals surface area contributed by atoms with Gasteiger partial charge in [-0.3, -0.25) is 4.79 Å². The van der Waals surface area contributed by atoms with E-state index in [4.69, 9.17) is 4.74 Å². The van der Waals surface area contributed by atoms with E-state index in [0.29, 0.717) is 23.0 Å². The number of ketones is 1. The van der Waals surface area contributed by atoms with Crippen LogP contribution < -0.4 is 0 Å². The molecule has 0 spiro atoms. The zero-order valence-electron chi connectivity index (χ0n) is 11.9. The van der Waals surface area contributed by atoms with Crippen molar-refractivity contribution >= 4 is 23.5 Å². The Morgan fingerprint density at radius 1 is 1.29 bits per heavy atom. The second-order valence-corrected chi connectivity index (χ2v) is 5.36. The van der Waals surface area contributed by atoms with Gasteiger partial charge in [0.2, 0.25) is 0 Å². The normalized spacial score (nSPS) is 10.4. The van der Waals surface area contributed by atoms with E-state index in [1.54, 1.807) is 6.92 Å². The predicted octanol–water partition coefficient (Wildman–Crippen LogP) is 2.87. The quantitative estimate of drug-likeness (QED) is 0.505. The summed E-state index contributed by atoms with van der Waals surface area (Å²) in [5, 5.41) is 0.526. The smallest absolute Gasteiger partial charge is 0.356 e. The number of nitrogens with one attached hydrogen (secondary N) is 1. The molecule has 21 heavy (non-hydrogen) atoms. The molecule has 2 aromatic rings. The number of carbonyl (C=O) groups excluding carboxylic acids is 2. The largest absolute Gasteiger partial charge is 0.461 e. The molecule has 0 fully saturated rings. The minimum atomic E-state index is -0.443. The van der Waals surface area contributed by atoms with Gasteiger partial charge in [-0.2, -0.15) is 0 Å². The Bertz CT molecular complexity index is 635. The van der Waals surface area contributed by atoms with Crippen LogP contribution in [0.1, 0.15) is 33.3 Å². The molecular weight excluding hydrogens is 288 g/mol. The van der Waals surface area contributed by atoms with E-state index < -0.39 is 5.97 Å². The standard InChI is InChI=1S/C15H16N2O3S/c1-3-20-14(19)12-8-16-15(17-12)21-9-13(18)11-6-4-10(2)5-7-11/h4-8H,3,9H2,1-2H3,(H,16,17). The Kier molecular flexibility index (Phi) is 5.16.